The largest absolute Gasteiger partial charge is 0.507 e. The van der Waals surface area contributed by atoms with Crippen LogP contribution in [0.5, 0.6) is 5.75 Å². The van der Waals surface area contributed by atoms with Gasteiger partial charge in [-0.25, -0.2) is 0 Å². The molecule has 2 aromatic carbocycles. The Morgan fingerprint density at radius 2 is 1.83 bits per heavy atom. The van der Waals surface area contributed by atoms with Gasteiger partial charge in [0.05, 0.1) is 17.5 Å². The van der Waals surface area contributed by atoms with Gasteiger partial charge in [0.2, 0.25) is 5.91 Å². The van der Waals surface area contributed by atoms with Crippen molar-refractivity contribution in [2.45, 2.75) is 50.9 Å². The number of fused-ring (bicyclic) bond motifs is 3. The molecule has 0 radical (unpaired) electrons. The lowest BCUT2D eigenvalue weighted by Crippen LogP contribution is -2.74. The van der Waals surface area contributed by atoms with Gasteiger partial charge < -0.3 is 21.3 Å². The molecule has 0 saturated heterocycles. The Balaban J connectivity index is 1.60. The number of primary amides is 1. The number of rotatable bonds is 6. The summed E-state index contributed by atoms with van der Waals surface area (Å²) in [7, 11) is 3.12. The minimum atomic E-state index is -2.73. The number of Topliss-reactive ketones (excluding diaryl/α,β-unsaturated/α-hetero) is 4. The van der Waals surface area contributed by atoms with Crippen molar-refractivity contribution in [2.24, 2.45) is 29.4 Å². The van der Waals surface area contributed by atoms with E-state index in [0.717, 1.165) is 16.7 Å². The fraction of sp³-hybridized carbons (Fsp3) is 0.452. The van der Waals surface area contributed by atoms with Crippen LogP contribution in [-0.4, -0.2) is 75.9 Å². The first-order chi connectivity index (χ1) is 19.3. The number of ketones is 4. The van der Waals surface area contributed by atoms with E-state index >= 15 is 0 Å². The van der Waals surface area contributed by atoms with E-state index in [1.807, 2.05) is 24.3 Å². The number of aliphatic hydroxyl groups is 1. The summed E-state index contributed by atoms with van der Waals surface area (Å²) in [5.74, 6) is -10.5. The van der Waals surface area contributed by atoms with Crippen molar-refractivity contribution < 1.29 is 34.2 Å². The molecule has 2 aromatic rings. The first-order valence-electron chi connectivity index (χ1n) is 13.8. The second-order valence-corrected chi connectivity index (χ2v) is 12.0. The zero-order valence-electron chi connectivity index (χ0n) is 23.5. The molecule has 5 N–H and O–H groups in total. The topological polar surface area (TPSA) is 167 Å². The van der Waals surface area contributed by atoms with Gasteiger partial charge in [0.25, 0.3) is 0 Å². The summed E-state index contributed by atoms with van der Waals surface area (Å²) in [6.07, 6.45) is 0.224. The normalized spacial score (nSPS) is 29.4. The summed E-state index contributed by atoms with van der Waals surface area (Å²) >= 11 is 0. The van der Waals surface area contributed by atoms with Crippen LogP contribution >= 0.6 is 0 Å². The SMILES string of the molecule is CC(C)NCc1cccc(-c2ccc(O)c3c2C[C@H]2C[C@H]4[C@H](N(C)C)C(=O)C(C(N)=O)C(=O)[C@@]4(O)C(=O)C2C3=O)c1. The molecular weight excluding hydrogens is 526 g/mol. The van der Waals surface area contributed by atoms with E-state index in [1.54, 1.807) is 20.2 Å². The maximum atomic E-state index is 14.0. The molecule has 0 bridgehead atoms. The van der Waals surface area contributed by atoms with Crippen LogP contribution in [0.4, 0.5) is 0 Å². The molecular formula is C31H35N3O7. The lowest BCUT2D eigenvalue weighted by atomic mass is 9.52. The van der Waals surface area contributed by atoms with Gasteiger partial charge in [-0.05, 0) is 67.2 Å². The Bertz CT molecular complexity index is 1480. The smallest absolute Gasteiger partial charge is 0.235 e. The maximum Gasteiger partial charge on any atom is 0.235 e. The molecule has 3 aliphatic carbocycles. The summed E-state index contributed by atoms with van der Waals surface area (Å²) in [6, 6.07) is 10.1. The van der Waals surface area contributed by atoms with E-state index in [9.17, 15) is 34.2 Å². The average molecular weight is 562 g/mol. The molecule has 10 heteroatoms. The van der Waals surface area contributed by atoms with Crippen molar-refractivity contribution in [3.05, 3.63) is 53.1 Å². The predicted octanol–water partition coefficient (Wildman–Crippen LogP) is 1.03. The monoisotopic (exact) mass is 561 g/mol. The third-order valence-electron chi connectivity index (χ3n) is 8.90. The number of amides is 1. The number of nitrogens with one attached hydrogen (secondary N) is 1. The highest BCUT2D eigenvalue weighted by Gasteiger charge is 2.69. The Morgan fingerprint density at radius 1 is 1.12 bits per heavy atom. The van der Waals surface area contributed by atoms with Crippen LogP contribution < -0.4 is 11.1 Å². The number of nitrogens with zero attached hydrogens (tertiary/aromatic N) is 1. The molecule has 0 aromatic heterocycles. The Hall–Kier alpha value is -3.73. The summed E-state index contributed by atoms with van der Waals surface area (Å²) < 4.78 is 0. The van der Waals surface area contributed by atoms with Crippen LogP contribution in [0.1, 0.15) is 41.8 Å². The molecule has 0 spiro atoms. The van der Waals surface area contributed by atoms with Crippen LogP contribution in [-0.2, 0) is 32.1 Å². The fourth-order valence-electron chi connectivity index (χ4n) is 7.05. The number of phenolic OH excluding ortho intramolecular Hbond substituents is 1. The summed E-state index contributed by atoms with van der Waals surface area (Å²) in [4.78, 5) is 68.2. The van der Waals surface area contributed by atoms with Gasteiger partial charge in [0.1, 0.15) is 5.75 Å². The number of likely N-dealkylation sites (N-methyl/N-ethyl adjacent to an activating group) is 1. The van der Waals surface area contributed by atoms with Crippen LogP contribution in [0.15, 0.2) is 36.4 Å². The van der Waals surface area contributed by atoms with Crippen LogP contribution in [0.25, 0.3) is 11.1 Å². The molecule has 2 fully saturated rings. The van der Waals surface area contributed by atoms with Crippen molar-refractivity contribution in [1.82, 2.24) is 10.2 Å². The highest BCUT2D eigenvalue weighted by Crippen LogP contribution is 2.51. The quantitative estimate of drug-likeness (QED) is 0.377. The second-order valence-electron chi connectivity index (χ2n) is 12.0. The van der Waals surface area contributed by atoms with Crippen molar-refractivity contribution in [3.8, 4) is 16.9 Å². The van der Waals surface area contributed by atoms with Gasteiger partial charge in [0.15, 0.2) is 34.7 Å². The Labute approximate surface area is 237 Å². The first kappa shape index (κ1) is 28.8. The number of hydrogen-bond acceptors (Lipinski definition) is 9. The zero-order valence-corrected chi connectivity index (χ0v) is 23.5. The van der Waals surface area contributed by atoms with E-state index in [0.29, 0.717) is 18.2 Å². The van der Waals surface area contributed by atoms with Crippen molar-refractivity contribution in [2.75, 3.05) is 14.1 Å². The van der Waals surface area contributed by atoms with Crippen LogP contribution in [0.2, 0.25) is 0 Å². The number of benzene rings is 2. The van der Waals surface area contributed by atoms with E-state index in [1.165, 1.54) is 11.0 Å². The first-order valence-corrected chi connectivity index (χ1v) is 13.8. The van der Waals surface area contributed by atoms with E-state index < -0.39 is 64.4 Å². The molecule has 2 unspecified atom stereocenters. The highest BCUT2D eigenvalue weighted by atomic mass is 16.3. The van der Waals surface area contributed by atoms with E-state index in [-0.39, 0.29) is 24.2 Å². The summed E-state index contributed by atoms with van der Waals surface area (Å²) in [5.41, 5.74) is 5.81. The molecule has 10 nitrogen and oxygen atoms in total. The van der Waals surface area contributed by atoms with Crippen molar-refractivity contribution in [1.29, 1.82) is 0 Å². The van der Waals surface area contributed by atoms with Crippen molar-refractivity contribution in [3.63, 3.8) is 0 Å². The van der Waals surface area contributed by atoms with E-state index in [4.69, 9.17) is 5.73 Å². The number of nitrogens with two attached hydrogens (primary N) is 1. The minimum absolute atomic E-state index is 0.0112. The number of aromatic hydroxyl groups is 1. The van der Waals surface area contributed by atoms with E-state index in [2.05, 4.69) is 19.2 Å². The Kier molecular flexibility index (Phi) is 7.21. The third-order valence-corrected chi connectivity index (χ3v) is 8.90. The summed E-state index contributed by atoms with van der Waals surface area (Å²) in [5, 5.41) is 25.9. The molecule has 6 atom stereocenters. The summed E-state index contributed by atoms with van der Waals surface area (Å²) in [6.45, 7) is 4.75. The maximum absolute atomic E-state index is 14.0. The fourth-order valence-corrected chi connectivity index (χ4v) is 7.05. The Morgan fingerprint density at radius 3 is 2.46 bits per heavy atom. The third kappa shape index (κ3) is 4.41. The number of hydrogen-bond donors (Lipinski definition) is 4. The molecule has 1 amide bonds. The molecule has 0 heterocycles. The number of phenols is 1. The van der Waals surface area contributed by atoms with Crippen LogP contribution in [0.3, 0.4) is 0 Å². The molecule has 2 saturated carbocycles. The highest BCUT2D eigenvalue weighted by molar-refractivity contribution is 6.32. The molecule has 3 aliphatic rings. The van der Waals surface area contributed by atoms with Gasteiger partial charge >= 0.3 is 0 Å². The van der Waals surface area contributed by atoms with Gasteiger partial charge in [0, 0.05) is 18.5 Å². The number of carbonyl (C=O) groups excluding carboxylic acids is 5. The van der Waals surface area contributed by atoms with Crippen LogP contribution in [0, 0.1) is 23.7 Å². The second kappa shape index (κ2) is 10.3. The van der Waals surface area contributed by atoms with Crippen molar-refractivity contribution >= 4 is 29.0 Å². The lowest BCUT2D eigenvalue weighted by Gasteiger charge is -2.52. The molecule has 5 rings (SSSR count). The number of carbonyl (C=O) groups is 5. The molecule has 41 heavy (non-hydrogen) atoms. The predicted molar refractivity (Wildman–Crippen MR) is 149 cm³/mol. The average Bonchev–Trinajstić information content (AvgIpc) is 2.89. The standard InChI is InChI=1S/C31H35N3O7/c1-14(2)33-13-15-6-5-7-16(10-15)18-8-9-21(35)23-19(18)11-17-12-20-25(34(3)4)27(37)24(30(32)40)29(39)31(20,41)28(38)22(17)26(23)36/h5-10,14,17,20,22,24-25,33,35,41H,11-13H2,1-4H3,(H2,32,40)/t17-,20-,22?,24?,25-,31-/m0/s1. The van der Waals surface area contributed by atoms with Gasteiger partial charge in [-0.15, -0.1) is 0 Å². The molecule has 216 valence electrons. The minimum Gasteiger partial charge on any atom is -0.507 e. The zero-order chi connectivity index (χ0) is 30.0. The van der Waals surface area contributed by atoms with Gasteiger partial charge in [-0.3, -0.25) is 28.9 Å². The molecule has 0 aliphatic heterocycles. The van der Waals surface area contributed by atoms with Gasteiger partial charge in [-0.1, -0.05) is 38.1 Å². The van der Waals surface area contributed by atoms with Gasteiger partial charge in [-0.2, -0.15) is 0 Å². The lowest BCUT2D eigenvalue weighted by molar-refractivity contribution is -0.181.